The van der Waals surface area contributed by atoms with Crippen molar-refractivity contribution in [3.05, 3.63) is 0 Å². The monoisotopic (exact) mass is 147 g/mol. The first-order valence-corrected chi connectivity index (χ1v) is 3.38. The highest BCUT2D eigenvalue weighted by Gasteiger charge is 2.39. The van der Waals surface area contributed by atoms with Crippen molar-refractivity contribution in [3.63, 3.8) is 0 Å². The molecule has 0 spiro atoms. The van der Waals surface area contributed by atoms with Crippen LogP contribution >= 0.6 is 0 Å². The van der Waals surface area contributed by atoms with Crippen molar-refractivity contribution >= 4 is 0 Å². The van der Waals surface area contributed by atoms with E-state index in [1.165, 1.54) is 0 Å². The van der Waals surface area contributed by atoms with E-state index >= 15 is 0 Å². The Morgan fingerprint density at radius 2 is 1.80 bits per heavy atom. The molecule has 0 radical (unpaired) electrons. The highest BCUT2D eigenvalue weighted by atomic mass is 16.4. The van der Waals surface area contributed by atoms with Crippen LogP contribution < -0.4 is 5.32 Å². The number of hydrogen-bond acceptors (Lipinski definition) is 4. The van der Waals surface area contributed by atoms with Crippen LogP contribution in [0.4, 0.5) is 0 Å². The first-order valence-electron chi connectivity index (χ1n) is 3.38. The molecule has 0 amide bonds. The molecule has 4 N–H and O–H groups in total. The molecule has 0 aromatic heterocycles. The van der Waals surface area contributed by atoms with Crippen molar-refractivity contribution in [3.8, 4) is 0 Å². The van der Waals surface area contributed by atoms with Crippen LogP contribution in [0.25, 0.3) is 0 Å². The average molecular weight is 147 g/mol. The van der Waals surface area contributed by atoms with E-state index in [0.29, 0.717) is 6.42 Å². The molecule has 0 heterocycles. The molecule has 1 fully saturated rings. The van der Waals surface area contributed by atoms with Crippen LogP contribution in [0.3, 0.4) is 0 Å². The lowest BCUT2D eigenvalue weighted by atomic mass is 10.2. The Morgan fingerprint density at radius 3 is 2.00 bits per heavy atom. The number of aliphatic hydroxyl groups excluding tert-OH is 3. The van der Waals surface area contributed by atoms with Crippen molar-refractivity contribution in [2.75, 3.05) is 7.05 Å². The minimum atomic E-state index is -0.988. The number of nitrogens with one attached hydrogen (secondary N) is 1. The summed E-state index contributed by atoms with van der Waals surface area (Å²) < 4.78 is 0. The SMILES string of the molecule is CN[C@H]1C[C@H](O)[C@@H](O)[C@H]1O. The van der Waals surface area contributed by atoms with E-state index in [-0.39, 0.29) is 6.04 Å². The lowest BCUT2D eigenvalue weighted by Crippen LogP contribution is -2.38. The Hall–Kier alpha value is -0.160. The topological polar surface area (TPSA) is 72.7 Å². The maximum absolute atomic E-state index is 9.16. The van der Waals surface area contributed by atoms with Crippen LogP contribution in [0.15, 0.2) is 0 Å². The van der Waals surface area contributed by atoms with Gasteiger partial charge in [0.25, 0.3) is 0 Å². The summed E-state index contributed by atoms with van der Waals surface area (Å²) in [5, 5.41) is 30.0. The van der Waals surface area contributed by atoms with Gasteiger partial charge in [-0.1, -0.05) is 0 Å². The molecule has 1 rings (SSSR count). The van der Waals surface area contributed by atoms with E-state index in [0.717, 1.165) is 0 Å². The van der Waals surface area contributed by atoms with Gasteiger partial charge in [-0.05, 0) is 13.5 Å². The second kappa shape index (κ2) is 2.84. The molecule has 1 aliphatic carbocycles. The molecule has 0 aromatic rings. The molecule has 1 saturated carbocycles. The number of aliphatic hydroxyl groups is 3. The van der Waals surface area contributed by atoms with Crippen LogP contribution in [-0.4, -0.2) is 46.7 Å². The van der Waals surface area contributed by atoms with Gasteiger partial charge in [0.1, 0.15) is 6.10 Å². The summed E-state index contributed by atoms with van der Waals surface area (Å²) in [6.45, 7) is 0. The van der Waals surface area contributed by atoms with Crippen LogP contribution in [0.1, 0.15) is 6.42 Å². The van der Waals surface area contributed by atoms with Crippen LogP contribution in [0.2, 0.25) is 0 Å². The predicted octanol–water partition coefficient (Wildman–Crippen LogP) is -1.94. The fraction of sp³-hybridized carbons (Fsp3) is 1.00. The fourth-order valence-corrected chi connectivity index (χ4v) is 1.29. The quantitative estimate of drug-likeness (QED) is 0.348. The summed E-state index contributed by atoms with van der Waals surface area (Å²) in [5.41, 5.74) is 0. The van der Waals surface area contributed by atoms with E-state index in [1.54, 1.807) is 7.05 Å². The number of hydrogen-bond donors (Lipinski definition) is 4. The molecule has 0 aliphatic heterocycles. The average Bonchev–Trinajstić information content (AvgIpc) is 2.17. The molecule has 0 bridgehead atoms. The fourth-order valence-electron chi connectivity index (χ4n) is 1.29. The van der Waals surface area contributed by atoms with Crippen molar-refractivity contribution in [1.29, 1.82) is 0 Å². The van der Waals surface area contributed by atoms with Crippen molar-refractivity contribution in [1.82, 2.24) is 5.32 Å². The zero-order valence-electron chi connectivity index (χ0n) is 5.86. The second-order valence-corrected chi connectivity index (χ2v) is 2.68. The van der Waals surface area contributed by atoms with Crippen molar-refractivity contribution in [2.45, 2.75) is 30.8 Å². The maximum atomic E-state index is 9.16. The first kappa shape index (κ1) is 7.94. The normalized spacial score (nSPS) is 48.0. The standard InChI is InChI=1S/C6H13NO3/c1-7-3-2-4(8)6(10)5(3)9/h3-10H,2H2,1H3/t3-,4-,5-,6+/m0/s1. The first-order chi connectivity index (χ1) is 4.66. The molecule has 60 valence electrons. The van der Waals surface area contributed by atoms with E-state index in [2.05, 4.69) is 5.32 Å². The molecule has 0 aromatic carbocycles. The van der Waals surface area contributed by atoms with E-state index in [9.17, 15) is 0 Å². The van der Waals surface area contributed by atoms with Gasteiger partial charge in [0.2, 0.25) is 0 Å². The van der Waals surface area contributed by atoms with Gasteiger partial charge in [0, 0.05) is 6.04 Å². The number of likely N-dealkylation sites (N-methyl/N-ethyl adjacent to an activating group) is 1. The molecule has 1 aliphatic rings. The van der Waals surface area contributed by atoms with Gasteiger partial charge in [0.15, 0.2) is 0 Å². The van der Waals surface area contributed by atoms with Crippen molar-refractivity contribution < 1.29 is 15.3 Å². The largest absolute Gasteiger partial charge is 0.390 e. The van der Waals surface area contributed by atoms with Gasteiger partial charge >= 0.3 is 0 Å². The zero-order chi connectivity index (χ0) is 7.72. The van der Waals surface area contributed by atoms with Gasteiger partial charge < -0.3 is 20.6 Å². The Bertz CT molecular complexity index is 120. The van der Waals surface area contributed by atoms with E-state index in [4.69, 9.17) is 15.3 Å². The molecule has 10 heavy (non-hydrogen) atoms. The minimum Gasteiger partial charge on any atom is -0.390 e. The molecule has 4 heteroatoms. The summed E-state index contributed by atoms with van der Waals surface area (Å²) in [7, 11) is 1.69. The summed E-state index contributed by atoms with van der Waals surface area (Å²) in [6, 6.07) is -0.176. The number of rotatable bonds is 1. The van der Waals surface area contributed by atoms with Crippen molar-refractivity contribution in [2.24, 2.45) is 0 Å². The predicted molar refractivity (Wildman–Crippen MR) is 35.5 cm³/mol. The summed E-state index contributed by atoms with van der Waals surface area (Å²) in [5.74, 6) is 0. The summed E-state index contributed by atoms with van der Waals surface area (Å²) in [6.07, 6.45) is -2.19. The van der Waals surface area contributed by atoms with E-state index in [1.807, 2.05) is 0 Å². The molecule has 0 unspecified atom stereocenters. The molecular weight excluding hydrogens is 134 g/mol. The molecular formula is C6H13NO3. The smallest absolute Gasteiger partial charge is 0.107 e. The van der Waals surface area contributed by atoms with Gasteiger partial charge in [-0.2, -0.15) is 0 Å². The lowest BCUT2D eigenvalue weighted by Gasteiger charge is -2.14. The maximum Gasteiger partial charge on any atom is 0.107 e. The highest BCUT2D eigenvalue weighted by Crippen LogP contribution is 2.19. The Kier molecular flexibility index (Phi) is 2.25. The van der Waals surface area contributed by atoms with Gasteiger partial charge in [-0.25, -0.2) is 0 Å². The van der Waals surface area contributed by atoms with Gasteiger partial charge in [-0.15, -0.1) is 0 Å². The highest BCUT2D eigenvalue weighted by molar-refractivity contribution is 4.94. The Morgan fingerprint density at radius 1 is 1.20 bits per heavy atom. The Balaban J connectivity index is 2.53. The molecule has 0 saturated heterocycles. The molecule has 4 nitrogen and oxygen atoms in total. The summed E-state index contributed by atoms with van der Waals surface area (Å²) in [4.78, 5) is 0. The third kappa shape index (κ3) is 1.15. The third-order valence-electron chi connectivity index (χ3n) is 2.02. The van der Waals surface area contributed by atoms with E-state index < -0.39 is 18.3 Å². The van der Waals surface area contributed by atoms with Crippen LogP contribution in [0.5, 0.6) is 0 Å². The molecule has 4 atom stereocenters. The van der Waals surface area contributed by atoms with Gasteiger partial charge in [-0.3, -0.25) is 0 Å². The second-order valence-electron chi connectivity index (χ2n) is 2.68. The third-order valence-corrected chi connectivity index (χ3v) is 2.02. The lowest BCUT2D eigenvalue weighted by molar-refractivity contribution is -0.0219. The zero-order valence-corrected chi connectivity index (χ0v) is 5.86. The van der Waals surface area contributed by atoms with Crippen LogP contribution in [0, 0.1) is 0 Å². The minimum absolute atomic E-state index is 0.176. The summed E-state index contributed by atoms with van der Waals surface area (Å²) >= 11 is 0. The van der Waals surface area contributed by atoms with Crippen LogP contribution in [-0.2, 0) is 0 Å². The van der Waals surface area contributed by atoms with Gasteiger partial charge in [0.05, 0.1) is 12.2 Å². The Labute approximate surface area is 59.5 Å².